The molecule has 1 saturated heterocycles. The third-order valence-corrected chi connectivity index (χ3v) is 6.39. The molecule has 1 aliphatic rings. The molecule has 1 fully saturated rings. The number of H-pyrrole nitrogens is 1. The van der Waals surface area contributed by atoms with Gasteiger partial charge >= 0.3 is 0 Å². The predicted molar refractivity (Wildman–Crippen MR) is 128 cm³/mol. The summed E-state index contributed by atoms with van der Waals surface area (Å²) in [5.74, 6) is 1.94. The van der Waals surface area contributed by atoms with Crippen LogP contribution >= 0.6 is 11.6 Å². The van der Waals surface area contributed by atoms with Gasteiger partial charge in [-0.15, -0.1) is 0 Å². The minimum absolute atomic E-state index is 0.289. The molecule has 2 N–H and O–H groups in total. The summed E-state index contributed by atoms with van der Waals surface area (Å²) in [4.78, 5) is 16.8. The fourth-order valence-corrected chi connectivity index (χ4v) is 4.55. The maximum absolute atomic E-state index is 14.3. The first-order valence-electron chi connectivity index (χ1n) is 11.0. The highest BCUT2D eigenvalue weighted by atomic mass is 35.5. The third-order valence-electron chi connectivity index (χ3n) is 6.03. The van der Waals surface area contributed by atoms with Crippen molar-refractivity contribution in [3.8, 4) is 22.8 Å². The monoisotopic (exact) mass is 477 g/mol. The number of aromatic nitrogens is 6. The van der Waals surface area contributed by atoms with Crippen molar-refractivity contribution in [3.63, 3.8) is 0 Å². The van der Waals surface area contributed by atoms with Gasteiger partial charge in [-0.05, 0) is 44.2 Å². The number of aromatic amines is 1. The van der Waals surface area contributed by atoms with Gasteiger partial charge in [0.15, 0.2) is 0 Å². The lowest BCUT2D eigenvalue weighted by Gasteiger charge is -2.26. The van der Waals surface area contributed by atoms with Gasteiger partial charge in [-0.25, -0.2) is 14.4 Å². The first-order chi connectivity index (χ1) is 16.5. The van der Waals surface area contributed by atoms with Crippen molar-refractivity contribution in [3.05, 3.63) is 59.8 Å². The zero-order chi connectivity index (χ0) is 23.2. The molecule has 0 bridgehead atoms. The number of benzene rings is 2. The third kappa shape index (κ3) is 3.76. The van der Waals surface area contributed by atoms with Crippen molar-refractivity contribution in [1.82, 2.24) is 35.0 Å². The van der Waals surface area contributed by atoms with Crippen LogP contribution < -0.4 is 10.1 Å². The Labute approximate surface area is 199 Å². The van der Waals surface area contributed by atoms with Gasteiger partial charge in [0.25, 0.3) is 0 Å². The Morgan fingerprint density at radius 2 is 2.03 bits per heavy atom. The van der Waals surface area contributed by atoms with Crippen molar-refractivity contribution in [2.45, 2.75) is 25.6 Å². The number of halogens is 2. The van der Waals surface area contributed by atoms with Crippen molar-refractivity contribution in [2.75, 3.05) is 13.1 Å². The highest BCUT2D eigenvalue weighted by Gasteiger charge is 2.27. The Hall–Kier alpha value is -3.56. The zero-order valence-electron chi connectivity index (χ0n) is 18.3. The first kappa shape index (κ1) is 21.0. The van der Waals surface area contributed by atoms with Crippen LogP contribution in [0.25, 0.3) is 33.3 Å². The SMILES string of the molecule is Cc1nc2ccc(Oc3ccc4ncc(-c5cnn([C@H]6CCNC[C@@H]6F)c5)nc4c3Cl)cc2[nH]1. The molecule has 0 unspecified atom stereocenters. The van der Waals surface area contributed by atoms with E-state index in [1.54, 1.807) is 23.1 Å². The average Bonchev–Trinajstić information content (AvgIpc) is 3.47. The lowest BCUT2D eigenvalue weighted by atomic mass is 10.1. The zero-order valence-corrected chi connectivity index (χ0v) is 19.1. The van der Waals surface area contributed by atoms with Gasteiger partial charge in [-0.1, -0.05) is 11.6 Å². The van der Waals surface area contributed by atoms with Gasteiger partial charge in [0.2, 0.25) is 0 Å². The lowest BCUT2D eigenvalue weighted by molar-refractivity contribution is 0.173. The van der Waals surface area contributed by atoms with E-state index in [9.17, 15) is 4.39 Å². The summed E-state index contributed by atoms with van der Waals surface area (Å²) in [7, 11) is 0. The van der Waals surface area contributed by atoms with Crippen LogP contribution in [0.2, 0.25) is 5.02 Å². The summed E-state index contributed by atoms with van der Waals surface area (Å²) in [6, 6.07) is 8.92. The summed E-state index contributed by atoms with van der Waals surface area (Å²) >= 11 is 6.69. The van der Waals surface area contributed by atoms with Crippen molar-refractivity contribution in [1.29, 1.82) is 0 Å². The van der Waals surface area contributed by atoms with Gasteiger partial charge in [0.1, 0.15) is 34.0 Å². The largest absolute Gasteiger partial charge is 0.456 e. The van der Waals surface area contributed by atoms with Crippen molar-refractivity contribution in [2.24, 2.45) is 0 Å². The molecule has 5 aromatic rings. The molecule has 34 heavy (non-hydrogen) atoms. The van der Waals surface area contributed by atoms with E-state index in [1.165, 1.54) is 0 Å². The molecule has 0 aliphatic carbocycles. The number of rotatable bonds is 4. The molecule has 2 aromatic carbocycles. The Kier molecular flexibility index (Phi) is 5.15. The number of alkyl halides is 1. The maximum Gasteiger partial charge on any atom is 0.148 e. The Morgan fingerprint density at radius 3 is 2.91 bits per heavy atom. The highest BCUT2D eigenvalue weighted by Crippen LogP contribution is 2.36. The number of imidazole rings is 1. The molecule has 4 heterocycles. The minimum atomic E-state index is -0.983. The molecule has 0 amide bonds. The second kappa shape index (κ2) is 8.34. The van der Waals surface area contributed by atoms with E-state index < -0.39 is 6.17 Å². The highest BCUT2D eigenvalue weighted by molar-refractivity contribution is 6.36. The summed E-state index contributed by atoms with van der Waals surface area (Å²) in [5.41, 5.74) is 4.28. The Bertz CT molecular complexity index is 1510. The minimum Gasteiger partial charge on any atom is -0.456 e. The van der Waals surface area contributed by atoms with Crippen LogP contribution in [0.3, 0.4) is 0 Å². The van der Waals surface area contributed by atoms with Crippen LogP contribution in [0.4, 0.5) is 4.39 Å². The molecule has 8 nitrogen and oxygen atoms in total. The van der Waals surface area contributed by atoms with Gasteiger partial charge in [0, 0.05) is 24.4 Å². The number of ether oxygens (including phenoxy) is 1. The summed E-state index contributed by atoms with van der Waals surface area (Å²) in [6.07, 6.45) is 4.87. The molecule has 1 aliphatic heterocycles. The first-order valence-corrected chi connectivity index (χ1v) is 11.4. The molecule has 10 heteroatoms. The molecule has 6 rings (SSSR count). The number of nitrogens with zero attached hydrogens (tertiary/aromatic N) is 5. The number of fused-ring (bicyclic) bond motifs is 2. The van der Waals surface area contributed by atoms with Crippen LogP contribution in [-0.4, -0.2) is 49.0 Å². The van der Waals surface area contributed by atoms with E-state index in [1.807, 2.05) is 37.4 Å². The van der Waals surface area contributed by atoms with Crippen LogP contribution in [0.5, 0.6) is 11.5 Å². The van der Waals surface area contributed by atoms with Gasteiger partial charge in [-0.3, -0.25) is 9.67 Å². The number of aryl methyl sites for hydroxylation is 1. The summed E-state index contributed by atoms with van der Waals surface area (Å²) in [5, 5.41) is 7.81. The second-order valence-electron chi connectivity index (χ2n) is 8.39. The number of hydrogen-bond donors (Lipinski definition) is 2. The lowest BCUT2D eigenvalue weighted by Crippen LogP contribution is -2.39. The van der Waals surface area contributed by atoms with E-state index in [0.29, 0.717) is 46.2 Å². The smallest absolute Gasteiger partial charge is 0.148 e. The predicted octanol–water partition coefficient (Wildman–Crippen LogP) is 5.00. The molecule has 0 spiro atoms. The van der Waals surface area contributed by atoms with E-state index in [4.69, 9.17) is 21.3 Å². The quantitative estimate of drug-likeness (QED) is 0.378. The summed E-state index contributed by atoms with van der Waals surface area (Å²) < 4.78 is 22.1. The number of hydrogen-bond acceptors (Lipinski definition) is 6. The van der Waals surface area contributed by atoms with Gasteiger partial charge in [0.05, 0.1) is 40.7 Å². The van der Waals surface area contributed by atoms with E-state index in [0.717, 1.165) is 29.0 Å². The molecule has 0 radical (unpaired) electrons. The topological polar surface area (TPSA) is 93.5 Å². The molecular formula is C24H21ClFN7O. The van der Waals surface area contributed by atoms with Crippen molar-refractivity contribution < 1.29 is 9.13 Å². The summed E-state index contributed by atoms with van der Waals surface area (Å²) in [6.45, 7) is 3.01. The number of nitrogens with one attached hydrogen (secondary N) is 2. The van der Waals surface area contributed by atoms with Crippen LogP contribution in [-0.2, 0) is 0 Å². The van der Waals surface area contributed by atoms with E-state index in [2.05, 4.69) is 25.4 Å². The molecule has 3 aromatic heterocycles. The van der Waals surface area contributed by atoms with E-state index >= 15 is 0 Å². The standard InChI is InChI=1S/C24H21ClFN7O/c1-13-30-17-3-2-15(8-19(17)31-13)34-22-5-4-18-24(23(22)25)32-20(11-28-18)14-9-29-33(12-14)21-6-7-27-10-16(21)26/h2-5,8-9,11-12,16,21,27H,6-7,10H2,1H3,(H,30,31)/t16-,21-/m0/s1. The molecular weight excluding hydrogens is 457 g/mol. The van der Waals surface area contributed by atoms with Crippen LogP contribution in [0, 0.1) is 6.92 Å². The Morgan fingerprint density at radius 1 is 1.15 bits per heavy atom. The van der Waals surface area contributed by atoms with Crippen LogP contribution in [0.15, 0.2) is 48.9 Å². The van der Waals surface area contributed by atoms with Gasteiger partial charge in [-0.2, -0.15) is 5.10 Å². The molecule has 172 valence electrons. The average molecular weight is 478 g/mol. The van der Waals surface area contributed by atoms with E-state index in [-0.39, 0.29) is 6.04 Å². The second-order valence-corrected chi connectivity index (χ2v) is 8.77. The number of piperidine rings is 1. The normalized spacial score (nSPS) is 18.6. The van der Waals surface area contributed by atoms with Gasteiger partial charge < -0.3 is 15.0 Å². The molecule has 0 saturated carbocycles. The fraction of sp³-hybridized carbons (Fsp3) is 0.250. The Balaban J connectivity index is 1.32. The van der Waals surface area contributed by atoms with Crippen LogP contribution in [0.1, 0.15) is 18.3 Å². The maximum atomic E-state index is 14.3. The fourth-order valence-electron chi connectivity index (χ4n) is 4.31. The molecule has 2 atom stereocenters. The van der Waals surface area contributed by atoms with Crippen molar-refractivity contribution >= 4 is 33.7 Å².